The molecule has 4 aliphatic carbocycles. The number of carbonyl (C=O) groups is 2. The first-order chi connectivity index (χ1) is 11.6. The Morgan fingerprint density at radius 3 is 2.68 bits per heavy atom. The van der Waals surface area contributed by atoms with Crippen molar-refractivity contribution in [3.63, 3.8) is 0 Å². The van der Waals surface area contributed by atoms with Crippen molar-refractivity contribution < 1.29 is 19.8 Å². The van der Waals surface area contributed by atoms with Crippen molar-refractivity contribution in [2.45, 2.75) is 64.6 Å². The largest absolute Gasteiger partial charge is 0.393 e. The lowest BCUT2D eigenvalue weighted by Gasteiger charge is -2.59. The van der Waals surface area contributed by atoms with Gasteiger partial charge < -0.3 is 10.2 Å². The van der Waals surface area contributed by atoms with Gasteiger partial charge in [0.25, 0.3) is 0 Å². The molecule has 0 bridgehead atoms. The third kappa shape index (κ3) is 2.01. The van der Waals surface area contributed by atoms with E-state index in [0.29, 0.717) is 12.8 Å². The van der Waals surface area contributed by atoms with Gasteiger partial charge in [0.15, 0.2) is 11.6 Å². The van der Waals surface area contributed by atoms with Crippen LogP contribution in [0.1, 0.15) is 52.9 Å². The van der Waals surface area contributed by atoms with Crippen LogP contribution in [-0.2, 0) is 9.59 Å². The van der Waals surface area contributed by atoms with Crippen LogP contribution in [0.5, 0.6) is 0 Å². The van der Waals surface area contributed by atoms with Crippen molar-refractivity contribution in [1.82, 2.24) is 0 Å². The highest BCUT2D eigenvalue weighted by molar-refractivity contribution is 6.01. The monoisotopic (exact) mass is 344 g/mol. The van der Waals surface area contributed by atoms with Crippen LogP contribution >= 0.6 is 0 Å². The first-order valence-electron chi connectivity index (χ1n) is 9.49. The molecule has 0 aromatic heterocycles. The third-order valence-electron chi connectivity index (χ3n) is 8.23. The van der Waals surface area contributed by atoms with Gasteiger partial charge in [0.05, 0.1) is 6.10 Å². The maximum absolute atomic E-state index is 12.2. The van der Waals surface area contributed by atoms with E-state index in [4.69, 9.17) is 0 Å². The molecule has 0 aromatic carbocycles. The van der Waals surface area contributed by atoms with E-state index < -0.39 is 17.1 Å². The topological polar surface area (TPSA) is 74.6 Å². The summed E-state index contributed by atoms with van der Waals surface area (Å²) in [7, 11) is 0. The van der Waals surface area contributed by atoms with Gasteiger partial charge in [-0.15, -0.1) is 0 Å². The van der Waals surface area contributed by atoms with Gasteiger partial charge in [-0.05, 0) is 63.0 Å². The van der Waals surface area contributed by atoms with Crippen molar-refractivity contribution in [3.8, 4) is 0 Å². The van der Waals surface area contributed by atoms with E-state index in [2.05, 4.69) is 6.92 Å². The molecule has 136 valence electrons. The van der Waals surface area contributed by atoms with Crippen molar-refractivity contribution in [2.24, 2.45) is 28.6 Å². The standard InChI is InChI=1S/C21H28O4/c1-12(22)21(25)9-7-16-15-5-4-13-10-14(23)6-8-19(13,2)18(15)17(24)11-20(16,21)3/h6,8,10,15-18,24-25H,4-5,7,9,11H2,1-3H3/t15-,16+,17-,18-,19-,20-,21+/m0/s1. The number of ketones is 2. The molecule has 0 spiro atoms. The quantitative estimate of drug-likeness (QED) is 0.767. The molecule has 0 saturated heterocycles. The van der Waals surface area contributed by atoms with E-state index >= 15 is 0 Å². The lowest BCUT2D eigenvalue weighted by Crippen LogP contribution is -2.61. The number of carbonyl (C=O) groups excluding carboxylic acids is 2. The summed E-state index contributed by atoms with van der Waals surface area (Å²) in [5.74, 6) is 0.410. The Labute approximate surface area is 149 Å². The number of fused-ring (bicyclic) bond motifs is 5. The van der Waals surface area contributed by atoms with Crippen molar-refractivity contribution >= 4 is 11.6 Å². The number of hydrogen-bond acceptors (Lipinski definition) is 4. The number of aliphatic hydroxyl groups excluding tert-OH is 1. The Kier molecular flexibility index (Phi) is 3.53. The first-order valence-corrected chi connectivity index (χ1v) is 9.49. The zero-order valence-corrected chi connectivity index (χ0v) is 15.3. The first kappa shape index (κ1) is 17.2. The molecule has 0 radical (unpaired) electrons. The molecule has 4 heteroatoms. The van der Waals surface area contributed by atoms with Crippen LogP contribution in [0.25, 0.3) is 0 Å². The molecule has 25 heavy (non-hydrogen) atoms. The molecule has 0 aromatic rings. The molecular weight excluding hydrogens is 316 g/mol. The lowest BCUT2D eigenvalue weighted by molar-refractivity contribution is -0.175. The second kappa shape index (κ2) is 5.14. The summed E-state index contributed by atoms with van der Waals surface area (Å²) < 4.78 is 0. The molecule has 7 atom stereocenters. The highest BCUT2D eigenvalue weighted by atomic mass is 16.3. The summed E-state index contributed by atoms with van der Waals surface area (Å²) in [5, 5.41) is 22.3. The minimum absolute atomic E-state index is 0.0351. The Morgan fingerprint density at radius 2 is 2.00 bits per heavy atom. The lowest BCUT2D eigenvalue weighted by atomic mass is 9.46. The zero-order valence-electron chi connectivity index (χ0n) is 15.3. The number of Topliss-reactive ketones (excluding diaryl/α,β-unsaturated/α-hetero) is 1. The highest BCUT2D eigenvalue weighted by Crippen LogP contribution is 2.66. The normalized spacial score (nSPS) is 51.4. The van der Waals surface area contributed by atoms with Crippen molar-refractivity contribution in [3.05, 3.63) is 23.8 Å². The van der Waals surface area contributed by atoms with Crippen LogP contribution in [0, 0.1) is 28.6 Å². The summed E-state index contributed by atoms with van der Waals surface area (Å²) in [5.41, 5.74) is -1.05. The second-order valence-corrected chi connectivity index (χ2v) is 9.17. The average Bonchev–Trinajstić information content (AvgIpc) is 2.80. The molecule has 0 heterocycles. The summed E-state index contributed by atoms with van der Waals surface area (Å²) in [4.78, 5) is 24.0. The number of rotatable bonds is 1. The van der Waals surface area contributed by atoms with Gasteiger partial charge in [0.1, 0.15) is 5.60 Å². The molecule has 3 fully saturated rings. The zero-order chi connectivity index (χ0) is 18.2. The van der Waals surface area contributed by atoms with Gasteiger partial charge in [0.2, 0.25) is 0 Å². The minimum atomic E-state index is -1.32. The molecular formula is C21H28O4. The van der Waals surface area contributed by atoms with Crippen LogP contribution in [0.15, 0.2) is 23.8 Å². The van der Waals surface area contributed by atoms with E-state index in [1.54, 1.807) is 12.2 Å². The fraction of sp³-hybridized carbons (Fsp3) is 0.714. The summed E-state index contributed by atoms with van der Waals surface area (Å²) in [6.45, 7) is 5.61. The maximum Gasteiger partial charge on any atom is 0.178 e. The average molecular weight is 344 g/mol. The summed E-state index contributed by atoms with van der Waals surface area (Å²) in [6.07, 6.45) is 8.32. The van der Waals surface area contributed by atoms with Gasteiger partial charge in [0, 0.05) is 16.7 Å². The van der Waals surface area contributed by atoms with Crippen molar-refractivity contribution in [2.75, 3.05) is 0 Å². The second-order valence-electron chi connectivity index (χ2n) is 9.17. The van der Waals surface area contributed by atoms with E-state index in [-0.39, 0.29) is 34.7 Å². The fourth-order valence-electron chi connectivity index (χ4n) is 6.91. The molecule has 4 rings (SSSR count). The van der Waals surface area contributed by atoms with Crippen LogP contribution in [-0.4, -0.2) is 33.5 Å². The number of allylic oxidation sites excluding steroid dienone is 4. The Balaban J connectivity index is 1.76. The molecule has 0 unspecified atom stereocenters. The van der Waals surface area contributed by atoms with Crippen LogP contribution in [0.3, 0.4) is 0 Å². The third-order valence-corrected chi connectivity index (χ3v) is 8.23. The van der Waals surface area contributed by atoms with Crippen LogP contribution < -0.4 is 0 Å². The van der Waals surface area contributed by atoms with Gasteiger partial charge in [-0.2, -0.15) is 0 Å². The van der Waals surface area contributed by atoms with E-state index in [0.717, 1.165) is 24.8 Å². The van der Waals surface area contributed by atoms with E-state index in [1.165, 1.54) is 6.92 Å². The van der Waals surface area contributed by atoms with E-state index in [9.17, 15) is 19.8 Å². The van der Waals surface area contributed by atoms with E-state index in [1.807, 2.05) is 13.0 Å². The SMILES string of the molecule is CC(=O)[C@]1(O)CC[C@@H]2[C@@H]3CCC4=CC(=O)C=C[C@]4(C)[C@@H]3[C@@H](O)C[C@@]21C. The van der Waals surface area contributed by atoms with Crippen LogP contribution in [0.4, 0.5) is 0 Å². The van der Waals surface area contributed by atoms with Crippen molar-refractivity contribution in [1.29, 1.82) is 0 Å². The maximum atomic E-state index is 12.2. The van der Waals surface area contributed by atoms with Gasteiger partial charge >= 0.3 is 0 Å². The highest BCUT2D eigenvalue weighted by Gasteiger charge is 2.67. The van der Waals surface area contributed by atoms with Crippen LogP contribution in [0.2, 0.25) is 0 Å². The Hall–Kier alpha value is -1.26. The minimum Gasteiger partial charge on any atom is -0.393 e. The summed E-state index contributed by atoms with van der Waals surface area (Å²) >= 11 is 0. The van der Waals surface area contributed by atoms with Gasteiger partial charge in [-0.25, -0.2) is 0 Å². The van der Waals surface area contributed by atoms with Gasteiger partial charge in [-0.1, -0.05) is 25.5 Å². The molecule has 4 aliphatic rings. The predicted molar refractivity (Wildman–Crippen MR) is 93.6 cm³/mol. The molecule has 2 N–H and O–H groups in total. The number of hydrogen-bond donors (Lipinski definition) is 2. The van der Waals surface area contributed by atoms with Gasteiger partial charge in [-0.3, -0.25) is 9.59 Å². The molecule has 0 amide bonds. The smallest absolute Gasteiger partial charge is 0.178 e. The number of aliphatic hydroxyl groups is 2. The molecule has 4 nitrogen and oxygen atoms in total. The molecule has 0 aliphatic heterocycles. The molecule has 3 saturated carbocycles. The Morgan fingerprint density at radius 1 is 1.28 bits per heavy atom. The predicted octanol–water partition coefficient (Wildman–Crippen LogP) is 2.59. The fourth-order valence-corrected chi connectivity index (χ4v) is 6.91. The summed E-state index contributed by atoms with van der Waals surface area (Å²) in [6, 6.07) is 0. The Bertz CT molecular complexity index is 707.